The number of rotatable bonds is 39. The summed E-state index contributed by atoms with van der Waals surface area (Å²) in [7, 11) is -24.2. The molecule has 5 unspecified atom stereocenters. The van der Waals surface area contributed by atoms with Crippen LogP contribution in [-0.2, 0) is 61.6 Å². The van der Waals surface area contributed by atoms with Crippen molar-refractivity contribution < 1.29 is 136 Å². The highest BCUT2D eigenvalue weighted by Gasteiger charge is 2.33. The Bertz CT molecular complexity index is 4620. The van der Waals surface area contributed by atoms with Crippen molar-refractivity contribution >= 4 is 73.5 Å². The molecule has 36 nitrogen and oxygen atoms in total. The number of alkyl halides is 5. The molecule has 4 amide bonds. The second-order valence-corrected chi connectivity index (χ2v) is 29.9. The lowest BCUT2D eigenvalue weighted by molar-refractivity contribution is -0.127. The molecule has 632 valence electrons. The number of fused-ring (bicyclic) bond motifs is 1. The van der Waals surface area contributed by atoms with Gasteiger partial charge in [0.05, 0.1) is 12.7 Å². The zero-order valence-corrected chi connectivity index (χ0v) is 65.7. The highest BCUT2D eigenvalue weighted by atomic mass is 31.2. The van der Waals surface area contributed by atoms with Crippen LogP contribution in [0.5, 0.6) is 28.7 Å². The van der Waals surface area contributed by atoms with Crippen LogP contribution in [0.4, 0.5) is 22.0 Å². The van der Waals surface area contributed by atoms with E-state index in [9.17, 15) is 64.0 Å². The summed E-state index contributed by atoms with van der Waals surface area (Å²) >= 11 is 0. The van der Waals surface area contributed by atoms with Crippen LogP contribution in [-0.4, -0.2) is 133 Å². The van der Waals surface area contributed by atoms with E-state index in [1.807, 2.05) is 0 Å². The number of halogens is 5. The Balaban J connectivity index is 0.000000304. The van der Waals surface area contributed by atoms with E-state index in [4.69, 9.17) is 77.6 Å². The molecule has 0 spiro atoms. The smallest absolute Gasteiger partial charge is 0.404 e. The number of benzene rings is 7. The van der Waals surface area contributed by atoms with Crippen molar-refractivity contribution in [3.8, 4) is 28.7 Å². The molecule has 5 atom stereocenters. The number of carbonyl (C=O) groups is 4. The second kappa shape index (κ2) is 49.2. The summed E-state index contributed by atoms with van der Waals surface area (Å²) in [6.07, 6.45) is -1.92. The monoisotopic (exact) mass is 1720 g/mol. The third kappa shape index (κ3) is 37.2. The molecular formula is C69H92F5N12O24P5. The van der Waals surface area contributed by atoms with E-state index in [1.54, 1.807) is 54.6 Å². The third-order valence-electron chi connectivity index (χ3n) is 15.2. The molecule has 7 aromatic carbocycles. The second-order valence-electron chi connectivity index (χ2n) is 24.1. The van der Waals surface area contributed by atoms with Crippen molar-refractivity contribution in [1.82, 2.24) is 36.3 Å². The average Bonchev–Trinajstić information content (AvgIpc) is 1.16. The molecule has 46 heteroatoms. The summed E-state index contributed by atoms with van der Waals surface area (Å²) in [5.74, 6) is -5.36. The summed E-state index contributed by atoms with van der Waals surface area (Å²) in [5, 5.41) is 18.0. The van der Waals surface area contributed by atoms with Gasteiger partial charge < -0.3 is 72.6 Å². The number of carbonyl (C=O) groups excluding carboxylic acids is 4. The fraction of sp³-hybridized carbons (Fsp3) is 0.333. The zero-order chi connectivity index (χ0) is 85.5. The van der Waals surface area contributed by atoms with E-state index in [1.165, 1.54) is 108 Å². The number of hydrogen-bond donors (Lipinski definition) is 19. The number of nitrogens with two attached hydrogens (primary N) is 5. The van der Waals surface area contributed by atoms with E-state index in [-0.39, 0.29) is 81.9 Å². The summed E-state index contributed by atoms with van der Waals surface area (Å²) in [4.78, 5) is 136. The van der Waals surface area contributed by atoms with E-state index in [0.29, 0.717) is 69.4 Å². The Kier molecular flexibility index (Phi) is 42.1. The number of phosphoric acid groups is 5. The Hall–Kier alpha value is -8.98. The minimum Gasteiger partial charge on any atom is -0.404 e. The predicted octanol–water partition coefficient (Wildman–Crippen LogP) is 7.72. The van der Waals surface area contributed by atoms with Gasteiger partial charge in [-0.25, -0.2) is 44.8 Å². The first kappa shape index (κ1) is 98.4. The normalized spacial score (nSPS) is 12.8. The molecule has 1 heterocycles. The molecule has 8 rings (SSSR count). The summed E-state index contributed by atoms with van der Waals surface area (Å²) in [6, 6.07) is 38.0. The average molecular weight is 1720 g/mol. The van der Waals surface area contributed by atoms with Gasteiger partial charge in [-0.1, -0.05) is 158 Å². The number of nitrogens with zero attached hydrogens (tertiary/aromatic N) is 3. The van der Waals surface area contributed by atoms with E-state index < -0.39 is 93.6 Å². The lowest BCUT2D eigenvalue weighted by Gasteiger charge is -2.17. The largest absolute Gasteiger partial charge is 0.524 e. The van der Waals surface area contributed by atoms with Gasteiger partial charge in [0.1, 0.15) is 34.4 Å². The van der Waals surface area contributed by atoms with Crippen LogP contribution < -0.4 is 72.6 Å². The highest BCUT2D eigenvalue weighted by molar-refractivity contribution is 7.47. The Morgan fingerprint density at radius 1 is 0.383 bits per heavy atom. The lowest BCUT2D eigenvalue weighted by atomic mass is 9.99. The molecule has 8 aromatic rings. The number of nitrogens with one attached hydrogen (secondary N) is 4. The van der Waals surface area contributed by atoms with Crippen LogP contribution in [0.25, 0.3) is 10.8 Å². The van der Waals surface area contributed by atoms with Gasteiger partial charge in [-0.15, -0.1) is 5.10 Å². The van der Waals surface area contributed by atoms with Gasteiger partial charge in [0.25, 0.3) is 23.6 Å². The molecule has 0 saturated carbocycles. The lowest BCUT2D eigenvalue weighted by Crippen LogP contribution is -2.32. The molecule has 24 N–H and O–H groups in total. The quantitative estimate of drug-likeness (QED) is 0.00995. The number of unbranched alkanes of at least 4 members (excludes halogenated alkanes) is 6. The van der Waals surface area contributed by atoms with Crippen molar-refractivity contribution in [2.45, 2.75) is 102 Å². The van der Waals surface area contributed by atoms with Gasteiger partial charge in [-0.3, -0.25) is 72.8 Å². The van der Waals surface area contributed by atoms with Gasteiger partial charge in [-0.2, -0.15) is 0 Å². The third-order valence-corrected chi connectivity index (χ3v) is 17.3. The fourth-order valence-corrected chi connectivity index (χ4v) is 12.0. The van der Waals surface area contributed by atoms with Crippen LogP contribution >= 0.6 is 39.1 Å². The first-order valence-corrected chi connectivity index (χ1v) is 42.3. The number of amides is 4. The van der Waals surface area contributed by atoms with Gasteiger partial charge >= 0.3 is 39.1 Å². The molecule has 0 radical (unpaired) electrons. The Morgan fingerprint density at radius 2 is 0.739 bits per heavy atom. The maximum atomic E-state index is 15.0. The van der Waals surface area contributed by atoms with Crippen molar-refractivity contribution in [1.29, 1.82) is 0 Å². The van der Waals surface area contributed by atoms with Crippen LogP contribution in [0.15, 0.2) is 164 Å². The minimum atomic E-state index is -4.91. The van der Waals surface area contributed by atoms with Gasteiger partial charge in [0.2, 0.25) is 24.7 Å². The molecule has 0 aliphatic carbocycles. The van der Waals surface area contributed by atoms with Crippen LogP contribution in [0.3, 0.4) is 0 Å². The Morgan fingerprint density at radius 3 is 1.15 bits per heavy atom. The van der Waals surface area contributed by atoms with E-state index in [0.717, 1.165) is 55.7 Å². The van der Waals surface area contributed by atoms with Gasteiger partial charge in [0.15, 0.2) is 6.17 Å². The minimum absolute atomic E-state index is 0.00483. The van der Waals surface area contributed by atoms with Crippen LogP contribution in [0.2, 0.25) is 0 Å². The summed E-state index contributed by atoms with van der Waals surface area (Å²) in [5.41, 5.74) is 27.5. The molecule has 0 saturated heterocycles. The summed E-state index contributed by atoms with van der Waals surface area (Å²) < 4.78 is 150. The molecule has 0 aliphatic heterocycles. The van der Waals surface area contributed by atoms with Gasteiger partial charge in [0, 0.05) is 73.6 Å². The molecule has 0 fully saturated rings. The van der Waals surface area contributed by atoms with E-state index in [2.05, 4.69) is 54.2 Å². The van der Waals surface area contributed by atoms with Crippen molar-refractivity contribution in [2.75, 3.05) is 45.8 Å². The van der Waals surface area contributed by atoms with E-state index >= 15 is 0 Å². The molecule has 115 heavy (non-hydrogen) atoms. The highest BCUT2D eigenvalue weighted by Crippen LogP contribution is 2.47. The Labute approximate surface area is 656 Å². The molecular weight excluding hydrogens is 1630 g/mol. The number of phosphoric ester groups is 5. The first-order valence-electron chi connectivity index (χ1n) is 34.7. The SMILES string of the molecule is NCCCCCCNC(=O)C(F)c1c(OP(=O)(O)O)ccc2ccccc12.NCCCCCCNC(=O)C(F)c1ccccc1OP(=O)(O)O.NCCNC(=O)C(F)c1ccccc1OP(=O)(O)O.NCCn1cc(C(F)c2ccccc2OP(=O)(O)O)nn1.NCc1ccc(CNC(=O)C(F)c2ccccc2OP(=O)(O)O)cc1. The standard InChI is InChI=1S/C18H24FN2O5P.C16H18FN2O5P.C14H22FN2O5P.C11H14FN4O4P.C10H14FN2O5P/c19-17(18(22)21-12-6-2-1-5-11-20)16-14-8-4-3-7-13(14)9-10-15(16)26-27(23,24)25;17-15(13-3-1-2-4-14(13)24-25(21,22)23)16(20)19-10-12-7-5-11(9-18)6-8-12;15-13(14(18)17-10-6-2-1-5-9-16)11-7-3-4-8-12(11)22-23(19,20)21;12-11(9-7-16(6-5-13)15-14-9)8-3-1-2-4-10(8)20-21(17,18)19;11-9(10(14)13-6-5-12)7-3-1-2-4-8(7)18-19(15,16)17/h3-4,7-10,17H,1-2,5-6,11-12,20H2,(H,21,22)(H2,23,24,25);1-8,15H,9-10,18H2,(H,19,20)(H2,21,22,23);3-4,7-8,13H,1-2,5-6,9-10,16H2,(H,17,18)(H2,19,20,21);1-4,7,11H,5-6,13H2,(H2,17,18,19);1-4,9H,5-6,12H2,(H,13,14)(H2,15,16,17). The number of para-hydroxylation sites is 4. The van der Waals surface area contributed by atoms with Crippen LogP contribution in [0.1, 0.15) is 127 Å². The molecule has 0 aliphatic rings. The summed E-state index contributed by atoms with van der Waals surface area (Å²) in [6.45, 7) is 3.34. The van der Waals surface area contributed by atoms with Crippen molar-refractivity contribution in [2.24, 2.45) is 28.7 Å². The van der Waals surface area contributed by atoms with Gasteiger partial charge in [-0.05, 0) is 91.0 Å². The maximum absolute atomic E-state index is 15.0. The molecule has 0 bridgehead atoms. The topological polar surface area (TPSA) is 611 Å². The van der Waals surface area contributed by atoms with Crippen molar-refractivity contribution in [3.05, 3.63) is 209 Å². The van der Waals surface area contributed by atoms with Crippen LogP contribution in [0, 0.1) is 0 Å². The predicted molar refractivity (Wildman–Crippen MR) is 410 cm³/mol. The number of hydrogen-bond acceptors (Lipinski definition) is 21. The number of aromatic nitrogens is 3. The fourth-order valence-electron chi connectivity index (χ4n) is 9.94. The zero-order valence-electron chi connectivity index (χ0n) is 61.2. The first-order chi connectivity index (χ1) is 54.2. The molecule has 1 aromatic heterocycles. The maximum Gasteiger partial charge on any atom is 0.524 e. The van der Waals surface area contributed by atoms with Crippen molar-refractivity contribution in [3.63, 3.8) is 0 Å².